The number of esters is 1. The van der Waals surface area contributed by atoms with E-state index in [2.05, 4.69) is 32.6 Å². The molecule has 0 radical (unpaired) electrons. The minimum absolute atomic E-state index is 0.0790. The van der Waals surface area contributed by atoms with Crippen molar-refractivity contribution in [3.05, 3.63) is 65.7 Å². The maximum Gasteiger partial charge on any atom is 0.390 e. The van der Waals surface area contributed by atoms with Crippen molar-refractivity contribution in [3.8, 4) is 17.6 Å². The SMILES string of the molecule is CC(C)(C)c1ccc(OC(=O)C#Cc2ccccc2)cc1. The van der Waals surface area contributed by atoms with E-state index in [9.17, 15) is 4.79 Å². The molecule has 0 atom stereocenters. The topological polar surface area (TPSA) is 26.3 Å². The minimum Gasteiger partial charge on any atom is -0.417 e. The van der Waals surface area contributed by atoms with E-state index in [1.54, 1.807) is 12.1 Å². The summed E-state index contributed by atoms with van der Waals surface area (Å²) >= 11 is 0. The summed E-state index contributed by atoms with van der Waals surface area (Å²) in [5.41, 5.74) is 2.06. The second-order valence-corrected chi connectivity index (χ2v) is 5.78. The van der Waals surface area contributed by atoms with Crippen molar-refractivity contribution in [1.82, 2.24) is 0 Å². The maximum absolute atomic E-state index is 11.7. The largest absolute Gasteiger partial charge is 0.417 e. The van der Waals surface area contributed by atoms with Gasteiger partial charge >= 0.3 is 5.97 Å². The Labute approximate surface area is 125 Å². The van der Waals surface area contributed by atoms with Gasteiger partial charge in [0.1, 0.15) is 5.75 Å². The molecule has 2 rings (SSSR count). The predicted molar refractivity (Wildman–Crippen MR) is 84.1 cm³/mol. The third kappa shape index (κ3) is 4.50. The van der Waals surface area contributed by atoms with Gasteiger partial charge in [0, 0.05) is 11.5 Å². The highest BCUT2D eigenvalue weighted by molar-refractivity contribution is 5.90. The van der Waals surface area contributed by atoms with Crippen LogP contribution in [-0.2, 0) is 10.2 Å². The Bertz CT molecular complexity index is 665. The third-order valence-electron chi connectivity index (χ3n) is 3.01. The molecular weight excluding hydrogens is 260 g/mol. The normalized spacial score (nSPS) is 10.4. The van der Waals surface area contributed by atoms with Crippen LogP contribution in [0.4, 0.5) is 0 Å². The molecule has 0 saturated heterocycles. The van der Waals surface area contributed by atoms with Crippen LogP contribution in [0, 0.1) is 11.8 Å². The van der Waals surface area contributed by atoms with Gasteiger partial charge in [0.15, 0.2) is 0 Å². The molecule has 21 heavy (non-hydrogen) atoms. The molecule has 0 spiro atoms. The van der Waals surface area contributed by atoms with Crippen LogP contribution in [-0.4, -0.2) is 5.97 Å². The molecule has 106 valence electrons. The molecule has 0 saturated carbocycles. The smallest absolute Gasteiger partial charge is 0.390 e. The van der Waals surface area contributed by atoms with Gasteiger partial charge < -0.3 is 4.74 Å². The molecule has 0 N–H and O–H groups in total. The van der Waals surface area contributed by atoms with Crippen molar-refractivity contribution >= 4 is 5.97 Å². The Morgan fingerprint density at radius 3 is 2.14 bits per heavy atom. The van der Waals surface area contributed by atoms with Crippen molar-refractivity contribution in [3.63, 3.8) is 0 Å². The first-order valence-corrected chi connectivity index (χ1v) is 6.84. The molecule has 0 aliphatic rings. The molecule has 0 amide bonds. The van der Waals surface area contributed by atoms with Crippen LogP contribution in [0.3, 0.4) is 0 Å². The summed E-state index contributed by atoms with van der Waals surface area (Å²) in [5.74, 6) is 5.21. The standard InChI is InChI=1S/C19H18O2/c1-19(2,3)16-10-12-17(13-11-16)21-18(20)14-9-15-7-5-4-6-8-15/h4-8,10-13H,1-3H3. The van der Waals surface area contributed by atoms with Crippen LogP contribution in [0.5, 0.6) is 5.75 Å². The van der Waals surface area contributed by atoms with E-state index in [4.69, 9.17) is 4.74 Å². The summed E-state index contributed by atoms with van der Waals surface area (Å²) in [7, 11) is 0. The van der Waals surface area contributed by atoms with Crippen molar-refractivity contribution in [2.75, 3.05) is 0 Å². The van der Waals surface area contributed by atoms with E-state index >= 15 is 0 Å². The zero-order chi connectivity index (χ0) is 15.3. The second kappa shape index (κ2) is 6.28. The average Bonchev–Trinajstić information content (AvgIpc) is 2.46. The van der Waals surface area contributed by atoms with Crippen LogP contribution in [0.15, 0.2) is 54.6 Å². The Morgan fingerprint density at radius 1 is 0.952 bits per heavy atom. The van der Waals surface area contributed by atoms with Gasteiger partial charge in [-0.3, -0.25) is 0 Å². The average molecular weight is 278 g/mol. The third-order valence-corrected chi connectivity index (χ3v) is 3.01. The molecule has 0 fully saturated rings. The molecule has 2 nitrogen and oxygen atoms in total. The monoisotopic (exact) mass is 278 g/mol. The van der Waals surface area contributed by atoms with E-state index in [0.717, 1.165) is 5.56 Å². The lowest BCUT2D eigenvalue weighted by Gasteiger charge is -2.18. The summed E-state index contributed by atoms with van der Waals surface area (Å²) in [6.07, 6.45) is 0. The van der Waals surface area contributed by atoms with Crippen molar-refractivity contribution < 1.29 is 9.53 Å². The molecule has 0 aliphatic heterocycles. The van der Waals surface area contributed by atoms with E-state index < -0.39 is 5.97 Å². The zero-order valence-corrected chi connectivity index (χ0v) is 12.5. The Morgan fingerprint density at radius 2 is 1.57 bits per heavy atom. The molecule has 2 aromatic carbocycles. The molecule has 2 heteroatoms. The first-order chi connectivity index (χ1) is 9.95. The number of rotatable bonds is 1. The van der Waals surface area contributed by atoms with Crippen LogP contribution in [0.2, 0.25) is 0 Å². The molecule has 0 unspecified atom stereocenters. The summed E-state index contributed by atoms with van der Waals surface area (Å²) < 4.78 is 5.19. The number of carbonyl (C=O) groups excluding carboxylic acids is 1. The number of benzene rings is 2. The van der Waals surface area contributed by atoms with E-state index in [-0.39, 0.29) is 5.41 Å². The maximum atomic E-state index is 11.7. The van der Waals surface area contributed by atoms with Crippen molar-refractivity contribution in [2.45, 2.75) is 26.2 Å². The first kappa shape index (κ1) is 14.9. The zero-order valence-electron chi connectivity index (χ0n) is 12.5. The number of carbonyl (C=O) groups is 1. The van der Waals surface area contributed by atoms with E-state index in [1.165, 1.54) is 5.56 Å². The molecule has 2 aromatic rings. The highest BCUT2D eigenvalue weighted by Gasteiger charge is 2.13. The lowest BCUT2D eigenvalue weighted by Crippen LogP contribution is -2.11. The number of ether oxygens (including phenoxy) is 1. The molecule has 0 heterocycles. The fourth-order valence-electron chi connectivity index (χ4n) is 1.80. The lowest BCUT2D eigenvalue weighted by molar-refractivity contribution is -0.128. The molecule has 0 aromatic heterocycles. The fraction of sp³-hybridized carbons (Fsp3) is 0.211. The van der Waals surface area contributed by atoms with Gasteiger partial charge in [-0.1, -0.05) is 57.0 Å². The molecule has 0 aliphatic carbocycles. The predicted octanol–water partition coefficient (Wildman–Crippen LogP) is 3.94. The quantitative estimate of drug-likeness (QED) is 0.448. The highest BCUT2D eigenvalue weighted by atomic mass is 16.5. The fourth-order valence-corrected chi connectivity index (χ4v) is 1.80. The summed E-state index contributed by atoms with van der Waals surface area (Å²) in [4.78, 5) is 11.7. The molecular formula is C19H18O2. The Hall–Kier alpha value is -2.53. The van der Waals surface area contributed by atoms with Crippen LogP contribution < -0.4 is 4.74 Å². The number of hydrogen-bond acceptors (Lipinski definition) is 2. The summed E-state index contributed by atoms with van der Waals surface area (Å²) in [5, 5.41) is 0. The van der Waals surface area contributed by atoms with Crippen LogP contribution >= 0.6 is 0 Å². The summed E-state index contributed by atoms with van der Waals surface area (Å²) in [6.45, 7) is 6.41. The minimum atomic E-state index is -0.553. The van der Waals surface area contributed by atoms with Crippen LogP contribution in [0.25, 0.3) is 0 Å². The second-order valence-electron chi connectivity index (χ2n) is 5.78. The lowest BCUT2D eigenvalue weighted by atomic mass is 9.87. The van der Waals surface area contributed by atoms with Crippen molar-refractivity contribution in [2.24, 2.45) is 0 Å². The van der Waals surface area contributed by atoms with Crippen molar-refractivity contribution in [1.29, 1.82) is 0 Å². The first-order valence-electron chi connectivity index (χ1n) is 6.84. The molecule has 0 bridgehead atoms. The van der Waals surface area contributed by atoms with Gasteiger partial charge in [0.2, 0.25) is 0 Å². The van der Waals surface area contributed by atoms with E-state index in [1.807, 2.05) is 42.5 Å². The van der Waals surface area contributed by atoms with E-state index in [0.29, 0.717) is 5.75 Å². The Kier molecular flexibility index (Phi) is 4.45. The van der Waals surface area contributed by atoms with Gasteiger partial charge in [0.25, 0.3) is 0 Å². The Balaban J connectivity index is 2.02. The van der Waals surface area contributed by atoms with Gasteiger partial charge in [-0.25, -0.2) is 4.79 Å². The van der Waals surface area contributed by atoms with Gasteiger partial charge in [-0.15, -0.1) is 0 Å². The van der Waals surface area contributed by atoms with Gasteiger partial charge in [-0.2, -0.15) is 0 Å². The van der Waals surface area contributed by atoms with Gasteiger partial charge in [0.05, 0.1) is 0 Å². The number of hydrogen-bond donors (Lipinski definition) is 0. The van der Waals surface area contributed by atoms with Crippen LogP contribution in [0.1, 0.15) is 31.9 Å². The van der Waals surface area contributed by atoms with Gasteiger partial charge in [-0.05, 0) is 35.2 Å². The highest BCUT2D eigenvalue weighted by Crippen LogP contribution is 2.24. The summed E-state index contributed by atoms with van der Waals surface area (Å²) in [6, 6.07) is 16.9.